The lowest BCUT2D eigenvalue weighted by Crippen LogP contribution is -2.44. The molecule has 4 rings (SSSR count). The summed E-state index contributed by atoms with van der Waals surface area (Å²) in [6.07, 6.45) is 4.02. The van der Waals surface area contributed by atoms with E-state index < -0.39 is 0 Å². The van der Waals surface area contributed by atoms with Crippen molar-refractivity contribution in [1.82, 2.24) is 20.2 Å². The molecule has 1 atom stereocenters. The minimum absolute atomic E-state index is 0.0414. The first-order chi connectivity index (χ1) is 15.0. The molecule has 164 valence electrons. The number of likely N-dealkylation sites (tertiary alicyclic amines) is 1. The van der Waals surface area contributed by atoms with Crippen LogP contribution in [0, 0.1) is 6.92 Å². The zero-order valence-electron chi connectivity index (χ0n) is 18.4. The van der Waals surface area contributed by atoms with Gasteiger partial charge in [0.05, 0.1) is 6.54 Å². The van der Waals surface area contributed by atoms with Crippen molar-refractivity contribution in [2.75, 3.05) is 31.1 Å². The van der Waals surface area contributed by atoms with Crippen LogP contribution in [0.3, 0.4) is 0 Å². The molecule has 1 unspecified atom stereocenters. The van der Waals surface area contributed by atoms with Crippen LogP contribution in [0.4, 0.5) is 5.82 Å². The molecule has 0 bridgehead atoms. The lowest BCUT2D eigenvalue weighted by molar-refractivity contribution is -0.133. The maximum Gasteiger partial charge on any atom is 0.241 e. The molecule has 1 aromatic carbocycles. The summed E-state index contributed by atoms with van der Waals surface area (Å²) in [4.78, 5) is 37.8. The van der Waals surface area contributed by atoms with Gasteiger partial charge in [-0.2, -0.15) is 0 Å². The van der Waals surface area contributed by atoms with Gasteiger partial charge in [0.15, 0.2) is 0 Å². The molecule has 0 radical (unpaired) electrons. The number of amides is 2. The Hall–Kier alpha value is -2.96. The van der Waals surface area contributed by atoms with E-state index in [4.69, 9.17) is 9.97 Å². The van der Waals surface area contributed by atoms with E-state index in [0.29, 0.717) is 6.54 Å². The molecule has 1 aromatic heterocycles. The Bertz CT molecular complexity index is 946. The molecule has 0 aliphatic carbocycles. The van der Waals surface area contributed by atoms with Crippen LogP contribution in [-0.4, -0.2) is 52.9 Å². The lowest BCUT2D eigenvalue weighted by atomic mass is 9.96. The van der Waals surface area contributed by atoms with E-state index >= 15 is 0 Å². The molecule has 7 heteroatoms. The Balaban J connectivity index is 1.54. The van der Waals surface area contributed by atoms with Crippen molar-refractivity contribution in [3.05, 3.63) is 53.0 Å². The molecular formula is C24H31N5O2. The van der Waals surface area contributed by atoms with Crippen molar-refractivity contribution in [3.8, 4) is 0 Å². The number of hydrogen-bond acceptors (Lipinski definition) is 5. The average molecular weight is 422 g/mol. The van der Waals surface area contributed by atoms with Crippen LogP contribution in [0.5, 0.6) is 0 Å². The first kappa shape index (κ1) is 21.3. The second-order valence-corrected chi connectivity index (χ2v) is 8.57. The highest BCUT2D eigenvalue weighted by atomic mass is 16.2. The van der Waals surface area contributed by atoms with E-state index in [1.165, 1.54) is 18.1 Å². The van der Waals surface area contributed by atoms with Crippen LogP contribution in [0.15, 0.2) is 30.3 Å². The SMILES string of the molecule is CC(=O)NCC(=O)N1CCCC(c2nc(C)c3c(n2)N(Cc2ccccc2)CCC3)C1. The van der Waals surface area contributed by atoms with E-state index in [1.807, 2.05) is 11.0 Å². The molecule has 1 saturated heterocycles. The topological polar surface area (TPSA) is 78.4 Å². The van der Waals surface area contributed by atoms with Crippen molar-refractivity contribution in [2.45, 2.75) is 52.0 Å². The van der Waals surface area contributed by atoms with Crippen molar-refractivity contribution in [1.29, 1.82) is 0 Å². The van der Waals surface area contributed by atoms with Gasteiger partial charge >= 0.3 is 0 Å². The maximum absolute atomic E-state index is 12.5. The van der Waals surface area contributed by atoms with Crippen molar-refractivity contribution >= 4 is 17.6 Å². The van der Waals surface area contributed by atoms with Gasteiger partial charge in [-0.15, -0.1) is 0 Å². The monoisotopic (exact) mass is 421 g/mol. The van der Waals surface area contributed by atoms with Gasteiger partial charge in [-0.1, -0.05) is 30.3 Å². The summed E-state index contributed by atoms with van der Waals surface area (Å²) >= 11 is 0. The zero-order valence-corrected chi connectivity index (χ0v) is 18.4. The number of fused-ring (bicyclic) bond motifs is 1. The number of nitrogens with one attached hydrogen (secondary N) is 1. The summed E-state index contributed by atoms with van der Waals surface area (Å²) in [5.74, 6) is 1.79. The van der Waals surface area contributed by atoms with Gasteiger partial charge in [-0.3, -0.25) is 9.59 Å². The third-order valence-electron chi connectivity index (χ3n) is 6.21. The Morgan fingerprint density at radius 3 is 2.71 bits per heavy atom. The van der Waals surface area contributed by atoms with Crippen LogP contribution in [-0.2, 0) is 22.6 Å². The number of nitrogens with zero attached hydrogens (tertiary/aromatic N) is 4. The van der Waals surface area contributed by atoms with Crippen LogP contribution >= 0.6 is 0 Å². The molecule has 3 heterocycles. The molecular weight excluding hydrogens is 390 g/mol. The second kappa shape index (κ2) is 9.45. The minimum atomic E-state index is -0.186. The fraction of sp³-hybridized carbons (Fsp3) is 0.500. The Morgan fingerprint density at radius 2 is 1.94 bits per heavy atom. The Kier molecular flexibility index (Phi) is 6.49. The fourth-order valence-electron chi connectivity index (χ4n) is 4.58. The summed E-state index contributed by atoms with van der Waals surface area (Å²) < 4.78 is 0. The minimum Gasteiger partial charge on any atom is -0.352 e. The number of anilines is 1. The third kappa shape index (κ3) is 5.03. The van der Waals surface area contributed by atoms with Crippen molar-refractivity contribution < 1.29 is 9.59 Å². The van der Waals surface area contributed by atoms with Gasteiger partial charge in [0.25, 0.3) is 0 Å². The number of carbonyl (C=O) groups is 2. The molecule has 0 saturated carbocycles. The first-order valence-corrected chi connectivity index (χ1v) is 11.2. The first-order valence-electron chi connectivity index (χ1n) is 11.2. The highest BCUT2D eigenvalue weighted by molar-refractivity contribution is 5.83. The van der Waals surface area contributed by atoms with E-state index in [2.05, 4.69) is 41.4 Å². The molecule has 0 spiro atoms. The third-order valence-corrected chi connectivity index (χ3v) is 6.21. The lowest BCUT2D eigenvalue weighted by Gasteiger charge is -2.34. The number of aryl methyl sites for hydroxylation is 1. The van der Waals surface area contributed by atoms with Crippen LogP contribution < -0.4 is 10.2 Å². The summed E-state index contributed by atoms with van der Waals surface area (Å²) in [5.41, 5.74) is 3.58. The van der Waals surface area contributed by atoms with E-state index in [1.54, 1.807) is 0 Å². The highest BCUT2D eigenvalue weighted by Crippen LogP contribution is 2.32. The van der Waals surface area contributed by atoms with E-state index in [0.717, 1.165) is 62.7 Å². The van der Waals surface area contributed by atoms with Crippen LogP contribution in [0.2, 0.25) is 0 Å². The fourth-order valence-corrected chi connectivity index (χ4v) is 4.58. The number of hydrogen-bond donors (Lipinski definition) is 1. The molecule has 7 nitrogen and oxygen atoms in total. The predicted octanol–water partition coefficient (Wildman–Crippen LogP) is 2.58. The molecule has 2 aromatic rings. The quantitative estimate of drug-likeness (QED) is 0.803. The molecule has 2 aliphatic heterocycles. The predicted molar refractivity (Wildman–Crippen MR) is 120 cm³/mol. The van der Waals surface area contributed by atoms with E-state index in [-0.39, 0.29) is 24.3 Å². The summed E-state index contributed by atoms with van der Waals surface area (Å²) in [6, 6.07) is 10.5. The summed E-state index contributed by atoms with van der Waals surface area (Å²) in [6.45, 7) is 6.72. The Labute approximate surface area is 183 Å². The van der Waals surface area contributed by atoms with Gasteiger partial charge < -0.3 is 15.1 Å². The second-order valence-electron chi connectivity index (χ2n) is 8.57. The van der Waals surface area contributed by atoms with Gasteiger partial charge in [0.1, 0.15) is 11.6 Å². The standard InChI is InChI=1S/C24H31N5O2/c1-17-21-11-7-13-29(15-19-8-4-3-5-9-19)24(21)27-23(26-17)20-10-6-12-28(16-20)22(31)14-25-18(2)30/h3-5,8-9,20H,6-7,10-16H2,1-2H3,(H,25,30). The maximum atomic E-state index is 12.5. The molecule has 2 aliphatic rings. The normalized spacial score (nSPS) is 18.5. The number of aromatic nitrogens is 2. The number of carbonyl (C=O) groups excluding carboxylic acids is 2. The van der Waals surface area contributed by atoms with Gasteiger partial charge in [-0.25, -0.2) is 9.97 Å². The van der Waals surface area contributed by atoms with Crippen molar-refractivity contribution in [3.63, 3.8) is 0 Å². The largest absolute Gasteiger partial charge is 0.352 e. The number of benzene rings is 1. The van der Waals surface area contributed by atoms with Crippen LogP contribution in [0.25, 0.3) is 0 Å². The molecule has 1 fully saturated rings. The van der Waals surface area contributed by atoms with Gasteiger partial charge in [0.2, 0.25) is 11.8 Å². The van der Waals surface area contributed by atoms with E-state index in [9.17, 15) is 9.59 Å². The van der Waals surface area contributed by atoms with Crippen molar-refractivity contribution in [2.24, 2.45) is 0 Å². The highest BCUT2D eigenvalue weighted by Gasteiger charge is 2.29. The van der Waals surface area contributed by atoms with Crippen LogP contribution in [0.1, 0.15) is 54.7 Å². The number of piperidine rings is 1. The van der Waals surface area contributed by atoms with Gasteiger partial charge in [0, 0.05) is 50.3 Å². The van der Waals surface area contributed by atoms with Gasteiger partial charge in [-0.05, 0) is 38.2 Å². The summed E-state index contributed by atoms with van der Waals surface area (Å²) in [5, 5.41) is 2.61. The molecule has 2 amide bonds. The number of rotatable bonds is 5. The molecule has 31 heavy (non-hydrogen) atoms. The summed E-state index contributed by atoms with van der Waals surface area (Å²) in [7, 11) is 0. The Morgan fingerprint density at radius 1 is 1.13 bits per heavy atom. The smallest absolute Gasteiger partial charge is 0.241 e. The average Bonchev–Trinajstić information content (AvgIpc) is 2.78. The molecule has 1 N–H and O–H groups in total. The zero-order chi connectivity index (χ0) is 21.8.